The molecule has 2 aromatic rings. The zero-order valence-corrected chi connectivity index (χ0v) is 19.0. The van der Waals surface area contributed by atoms with Crippen LogP contribution in [0.1, 0.15) is 55.8 Å². The highest BCUT2D eigenvalue weighted by Crippen LogP contribution is 2.28. The topological polar surface area (TPSA) is 87.7 Å². The number of carbonyl (C=O) groups is 3. The van der Waals surface area contributed by atoms with Crippen molar-refractivity contribution in [2.24, 2.45) is 5.92 Å². The van der Waals surface area contributed by atoms with Crippen LogP contribution in [-0.2, 0) is 9.59 Å². The molecule has 0 radical (unpaired) electrons. The number of rotatable bonds is 7. The standard InChI is InChI=1S/C26H31N3O4/c1-2-33-21-14-12-20(13-15-21)29-17-18(16-24(29)30)25(31)28-23-11-7-6-10-22(23)26(32)27-19-8-4-3-5-9-19/h6-7,10-15,18-19H,2-5,8-9,16-17H2,1H3,(H,27,32)(H,28,31). The van der Waals surface area contributed by atoms with Crippen molar-refractivity contribution in [1.82, 2.24) is 5.32 Å². The van der Waals surface area contributed by atoms with Crippen LogP contribution in [0.15, 0.2) is 48.5 Å². The highest BCUT2D eigenvalue weighted by Gasteiger charge is 2.35. The molecule has 3 amide bonds. The highest BCUT2D eigenvalue weighted by molar-refractivity contribution is 6.07. The summed E-state index contributed by atoms with van der Waals surface area (Å²) in [6.45, 7) is 2.79. The Morgan fingerprint density at radius 2 is 1.76 bits per heavy atom. The largest absolute Gasteiger partial charge is 0.494 e. The fourth-order valence-corrected chi connectivity index (χ4v) is 4.56. The van der Waals surface area contributed by atoms with Gasteiger partial charge >= 0.3 is 0 Å². The summed E-state index contributed by atoms with van der Waals surface area (Å²) < 4.78 is 5.45. The number of para-hydroxylation sites is 1. The van der Waals surface area contributed by atoms with Gasteiger partial charge in [-0.2, -0.15) is 0 Å². The second-order valence-electron chi connectivity index (χ2n) is 8.68. The van der Waals surface area contributed by atoms with Gasteiger partial charge in [0.2, 0.25) is 11.8 Å². The zero-order valence-electron chi connectivity index (χ0n) is 19.0. The molecule has 1 unspecified atom stereocenters. The molecular weight excluding hydrogens is 418 g/mol. The van der Waals surface area contributed by atoms with Crippen molar-refractivity contribution >= 4 is 29.1 Å². The van der Waals surface area contributed by atoms with Crippen molar-refractivity contribution in [3.8, 4) is 5.75 Å². The number of hydrogen-bond donors (Lipinski definition) is 2. The minimum Gasteiger partial charge on any atom is -0.494 e. The van der Waals surface area contributed by atoms with Gasteiger partial charge in [0.15, 0.2) is 0 Å². The first-order valence-corrected chi connectivity index (χ1v) is 11.8. The van der Waals surface area contributed by atoms with E-state index in [1.54, 1.807) is 29.2 Å². The van der Waals surface area contributed by atoms with E-state index >= 15 is 0 Å². The molecule has 2 aliphatic rings. The van der Waals surface area contributed by atoms with E-state index in [4.69, 9.17) is 4.74 Å². The molecule has 174 valence electrons. The first-order valence-electron chi connectivity index (χ1n) is 11.8. The molecule has 2 N–H and O–H groups in total. The first-order chi connectivity index (χ1) is 16.0. The van der Waals surface area contributed by atoms with Gasteiger partial charge in [0.05, 0.1) is 23.8 Å². The van der Waals surface area contributed by atoms with E-state index in [0.29, 0.717) is 24.4 Å². The number of hydrogen-bond acceptors (Lipinski definition) is 4. The third kappa shape index (κ3) is 5.53. The normalized spacial score (nSPS) is 18.8. The summed E-state index contributed by atoms with van der Waals surface area (Å²) in [4.78, 5) is 40.1. The maximum Gasteiger partial charge on any atom is 0.253 e. The first kappa shape index (κ1) is 22.8. The van der Waals surface area contributed by atoms with Crippen molar-refractivity contribution in [1.29, 1.82) is 0 Å². The molecule has 2 fully saturated rings. The van der Waals surface area contributed by atoms with Gasteiger partial charge in [-0.15, -0.1) is 0 Å². The van der Waals surface area contributed by atoms with Crippen LogP contribution < -0.4 is 20.3 Å². The number of anilines is 2. The molecule has 7 heteroatoms. The van der Waals surface area contributed by atoms with Gasteiger partial charge in [0.25, 0.3) is 5.91 Å². The van der Waals surface area contributed by atoms with E-state index < -0.39 is 5.92 Å². The molecule has 0 aromatic heterocycles. The van der Waals surface area contributed by atoms with Gasteiger partial charge in [-0.1, -0.05) is 31.4 Å². The van der Waals surface area contributed by atoms with Crippen molar-refractivity contribution in [2.45, 2.75) is 51.5 Å². The highest BCUT2D eigenvalue weighted by atomic mass is 16.5. The van der Waals surface area contributed by atoms with Crippen LogP contribution in [-0.4, -0.2) is 36.9 Å². The summed E-state index contributed by atoms with van der Waals surface area (Å²) in [6, 6.07) is 14.5. The Bertz CT molecular complexity index is 999. The van der Waals surface area contributed by atoms with Crippen LogP contribution in [0.4, 0.5) is 11.4 Å². The van der Waals surface area contributed by atoms with Gasteiger partial charge < -0.3 is 20.3 Å². The lowest BCUT2D eigenvalue weighted by molar-refractivity contribution is -0.122. The van der Waals surface area contributed by atoms with Crippen molar-refractivity contribution in [3.63, 3.8) is 0 Å². The van der Waals surface area contributed by atoms with Gasteiger partial charge in [-0.25, -0.2) is 0 Å². The lowest BCUT2D eigenvalue weighted by Gasteiger charge is -2.23. The van der Waals surface area contributed by atoms with E-state index in [1.165, 1.54) is 6.42 Å². The Labute approximate surface area is 194 Å². The van der Waals surface area contributed by atoms with Crippen molar-refractivity contribution < 1.29 is 19.1 Å². The second-order valence-corrected chi connectivity index (χ2v) is 8.68. The van der Waals surface area contributed by atoms with Crippen LogP contribution in [0.25, 0.3) is 0 Å². The van der Waals surface area contributed by atoms with E-state index in [0.717, 1.165) is 37.1 Å². The number of amides is 3. The molecule has 1 saturated carbocycles. The van der Waals surface area contributed by atoms with Crippen LogP contribution in [0, 0.1) is 5.92 Å². The summed E-state index contributed by atoms with van der Waals surface area (Å²) >= 11 is 0. The van der Waals surface area contributed by atoms with Gasteiger partial charge in [0.1, 0.15) is 5.75 Å². The number of carbonyl (C=O) groups excluding carboxylic acids is 3. The number of nitrogens with one attached hydrogen (secondary N) is 2. The predicted molar refractivity (Wildman–Crippen MR) is 127 cm³/mol. The smallest absolute Gasteiger partial charge is 0.253 e. The lowest BCUT2D eigenvalue weighted by Crippen LogP contribution is -2.36. The quantitative estimate of drug-likeness (QED) is 0.665. The molecule has 2 aromatic carbocycles. The Kier molecular flexibility index (Phi) is 7.27. The van der Waals surface area contributed by atoms with Gasteiger partial charge in [0, 0.05) is 24.7 Å². The Balaban J connectivity index is 1.40. The number of benzene rings is 2. The van der Waals surface area contributed by atoms with E-state index in [1.807, 2.05) is 31.2 Å². The van der Waals surface area contributed by atoms with Crippen LogP contribution in [0.5, 0.6) is 5.75 Å². The van der Waals surface area contributed by atoms with Gasteiger partial charge in [-0.3, -0.25) is 14.4 Å². The minimum atomic E-state index is -0.487. The molecule has 0 spiro atoms. The summed E-state index contributed by atoms with van der Waals surface area (Å²) in [5.41, 5.74) is 1.66. The average molecular weight is 450 g/mol. The summed E-state index contributed by atoms with van der Waals surface area (Å²) in [7, 11) is 0. The Morgan fingerprint density at radius 3 is 2.48 bits per heavy atom. The van der Waals surface area contributed by atoms with Crippen LogP contribution >= 0.6 is 0 Å². The third-order valence-corrected chi connectivity index (χ3v) is 6.33. The summed E-state index contributed by atoms with van der Waals surface area (Å²) in [5, 5.41) is 6.00. The zero-order chi connectivity index (χ0) is 23.2. The lowest BCUT2D eigenvalue weighted by atomic mass is 9.95. The predicted octanol–water partition coefficient (Wildman–Crippen LogP) is 4.14. The Hall–Kier alpha value is -3.35. The van der Waals surface area contributed by atoms with Crippen LogP contribution in [0.2, 0.25) is 0 Å². The van der Waals surface area contributed by atoms with E-state index in [9.17, 15) is 14.4 Å². The monoisotopic (exact) mass is 449 g/mol. The SMILES string of the molecule is CCOc1ccc(N2CC(C(=O)Nc3ccccc3C(=O)NC3CCCCC3)CC2=O)cc1. The van der Waals surface area contributed by atoms with Crippen molar-refractivity contribution in [3.05, 3.63) is 54.1 Å². The maximum absolute atomic E-state index is 13.0. The minimum absolute atomic E-state index is 0.0948. The maximum atomic E-state index is 13.0. The molecule has 0 bridgehead atoms. The fourth-order valence-electron chi connectivity index (χ4n) is 4.56. The number of ether oxygens (including phenoxy) is 1. The fraction of sp³-hybridized carbons (Fsp3) is 0.423. The molecule has 4 rings (SSSR count). The molecule has 1 heterocycles. The van der Waals surface area contributed by atoms with E-state index in [2.05, 4.69) is 10.6 Å². The summed E-state index contributed by atoms with van der Waals surface area (Å²) in [5.74, 6) is -0.266. The van der Waals surface area contributed by atoms with Gasteiger partial charge in [-0.05, 0) is 56.2 Å². The molecule has 1 atom stereocenters. The molecule has 7 nitrogen and oxygen atoms in total. The molecule has 1 saturated heterocycles. The third-order valence-electron chi connectivity index (χ3n) is 6.33. The number of nitrogens with zero attached hydrogens (tertiary/aromatic N) is 1. The average Bonchev–Trinajstić information content (AvgIpc) is 3.22. The van der Waals surface area contributed by atoms with E-state index in [-0.39, 0.29) is 30.2 Å². The molecule has 1 aliphatic heterocycles. The van der Waals surface area contributed by atoms with Crippen molar-refractivity contribution in [2.75, 3.05) is 23.4 Å². The van der Waals surface area contributed by atoms with Crippen LogP contribution in [0.3, 0.4) is 0 Å². The summed E-state index contributed by atoms with van der Waals surface area (Å²) in [6.07, 6.45) is 5.59. The molecule has 1 aliphatic carbocycles. The molecular formula is C26H31N3O4. The Morgan fingerprint density at radius 1 is 1.03 bits per heavy atom. The second kappa shape index (κ2) is 10.5. The molecule has 33 heavy (non-hydrogen) atoms.